The molecule has 1 aliphatic carbocycles. The van der Waals surface area contributed by atoms with Gasteiger partial charge in [-0.1, -0.05) is 0 Å². The molecule has 0 saturated heterocycles. The van der Waals surface area contributed by atoms with Crippen molar-refractivity contribution in [2.45, 2.75) is 38.1 Å². The van der Waals surface area contributed by atoms with Crippen molar-refractivity contribution < 1.29 is 0 Å². The van der Waals surface area contributed by atoms with E-state index in [1.54, 1.807) is 0 Å². The summed E-state index contributed by atoms with van der Waals surface area (Å²) in [6.45, 7) is 2.03. The van der Waals surface area contributed by atoms with Crippen LogP contribution in [0.5, 0.6) is 0 Å². The molecule has 1 aromatic rings. The van der Waals surface area contributed by atoms with Crippen LogP contribution >= 0.6 is 0 Å². The first kappa shape index (κ1) is 7.80. The van der Waals surface area contributed by atoms with E-state index in [-0.39, 0.29) is 6.04 Å². The molecule has 0 radical (unpaired) electrons. The second-order valence-electron chi connectivity index (χ2n) is 3.76. The zero-order valence-corrected chi connectivity index (χ0v) is 7.38. The topological polar surface area (TPSA) is 54.7 Å². The molecule has 66 valence electrons. The molecule has 1 unspecified atom stereocenters. The molecule has 1 saturated carbocycles. The number of aromatic amines is 1. The third-order valence-electron chi connectivity index (χ3n) is 2.28. The molecule has 12 heavy (non-hydrogen) atoms. The number of hydrogen-bond donors (Lipinski definition) is 2. The van der Waals surface area contributed by atoms with Gasteiger partial charge in [0.15, 0.2) is 0 Å². The monoisotopic (exact) mass is 165 g/mol. The summed E-state index contributed by atoms with van der Waals surface area (Å²) < 4.78 is 0. The van der Waals surface area contributed by atoms with Crippen LogP contribution in [0, 0.1) is 0 Å². The molecule has 0 aromatic carbocycles. The van der Waals surface area contributed by atoms with Crippen LogP contribution in [0.4, 0.5) is 0 Å². The lowest BCUT2D eigenvalue weighted by Gasteiger charge is -2.04. The average Bonchev–Trinajstić information content (AvgIpc) is 2.73. The fourth-order valence-electron chi connectivity index (χ4n) is 1.56. The Kier molecular flexibility index (Phi) is 1.89. The second kappa shape index (κ2) is 2.90. The maximum Gasteiger partial charge on any atom is 0.0522 e. The van der Waals surface area contributed by atoms with E-state index >= 15 is 0 Å². The molecule has 2 rings (SSSR count). The molecule has 1 atom stereocenters. The highest BCUT2D eigenvalue weighted by Gasteiger charge is 2.27. The van der Waals surface area contributed by atoms with E-state index < -0.39 is 0 Å². The predicted molar refractivity (Wildman–Crippen MR) is 47.9 cm³/mol. The van der Waals surface area contributed by atoms with Gasteiger partial charge >= 0.3 is 0 Å². The molecule has 1 heterocycles. The molecule has 0 spiro atoms. The van der Waals surface area contributed by atoms with Crippen molar-refractivity contribution in [1.82, 2.24) is 10.2 Å². The lowest BCUT2D eigenvalue weighted by atomic mass is 10.1. The summed E-state index contributed by atoms with van der Waals surface area (Å²) in [5.41, 5.74) is 8.37. The summed E-state index contributed by atoms with van der Waals surface area (Å²) in [5.74, 6) is 0.751. The minimum absolute atomic E-state index is 0.236. The van der Waals surface area contributed by atoms with E-state index in [1.807, 2.05) is 13.1 Å². The zero-order chi connectivity index (χ0) is 8.55. The van der Waals surface area contributed by atoms with Crippen molar-refractivity contribution in [2.24, 2.45) is 5.73 Å². The fourth-order valence-corrected chi connectivity index (χ4v) is 1.56. The van der Waals surface area contributed by atoms with Crippen LogP contribution in [0.1, 0.15) is 36.9 Å². The Morgan fingerprint density at radius 2 is 2.50 bits per heavy atom. The second-order valence-corrected chi connectivity index (χ2v) is 3.76. The highest BCUT2D eigenvalue weighted by molar-refractivity contribution is 5.24. The van der Waals surface area contributed by atoms with Gasteiger partial charge in [0, 0.05) is 17.7 Å². The molecule has 1 fully saturated rings. The number of hydrogen-bond acceptors (Lipinski definition) is 2. The highest BCUT2D eigenvalue weighted by atomic mass is 15.1. The SMILES string of the molecule is CC(N)Cc1cn[nH]c1C1CC1. The summed E-state index contributed by atoms with van der Waals surface area (Å²) in [4.78, 5) is 0. The van der Waals surface area contributed by atoms with Crippen LogP contribution in [0.15, 0.2) is 6.20 Å². The van der Waals surface area contributed by atoms with Crippen molar-refractivity contribution in [1.29, 1.82) is 0 Å². The maximum atomic E-state index is 5.73. The van der Waals surface area contributed by atoms with Gasteiger partial charge in [0.2, 0.25) is 0 Å². The van der Waals surface area contributed by atoms with E-state index in [0.29, 0.717) is 0 Å². The van der Waals surface area contributed by atoms with Gasteiger partial charge in [-0.05, 0) is 31.7 Å². The highest BCUT2D eigenvalue weighted by Crippen LogP contribution is 2.40. The fraction of sp³-hybridized carbons (Fsp3) is 0.667. The minimum Gasteiger partial charge on any atom is -0.328 e. The Hall–Kier alpha value is -0.830. The Morgan fingerprint density at radius 1 is 1.75 bits per heavy atom. The van der Waals surface area contributed by atoms with Gasteiger partial charge in [-0.2, -0.15) is 5.10 Å². The summed E-state index contributed by atoms with van der Waals surface area (Å²) in [6, 6.07) is 0.236. The van der Waals surface area contributed by atoms with Crippen LogP contribution < -0.4 is 5.73 Å². The summed E-state index contributed by atoms with van der Waals surface area (Å²) in [5, 5.41) is 7.12. The largest absolute Gasteiger partial charge is 0.328 e. The summed E-state index contributed by atoms with van der Waals surface area (Å²) in [7, 11) is 0. The lowest BCUT2D eigenvalue weighted by molar-refractivity contribution is 0.731. The van der Waals surface area contributed by atoms with E-state index in [9.17, 15) is 0 Å². The van der Waals surface area contributed by atoms with Crippen molar-refractivity contribution in [3.8, 4) is 0 Å². The summed E-state index contributed by atoms with van der Waals surface area (Å²) in [6.07, 6.45) is 5.49. The van der Waals surface area contributed by atoms with E-state index in [2.05, 4.69) is 10.2 Å². The molecule has 3 nitrogen and oxygen atoms in total. The number of H-pyrrole nitrogens is 1. The number of rotatable bonds is 3. The number of aromatic nitrogens is 2. The van der Waals surface area contributed by atoms with Gasteiger partial charge in [0.1, 0.15) is 0 Å². The van der Waals surface area contributed by atoms with Crippen molar-refractivity contribution in [3.63, 3.8) is 0 Å². The lowest BCUT2D eigenvalue weighted by Crippen LogP contribution is -2.18. The summed E-state index contributed by atoms with van der Waals surface area (Å²) >= 11 is 0. The van der Waals surface area contributed by atoms with Gasteiger partial charge in [0.05, 0.1) is 6.20 Å². The molecule has 0 amide bonds. The zero-order valence-electron chi connectivity index (χ0n) is 7.38. The average molecular weight is 165 g/mol. The minimum atomic E-state index is 0.236. The van der Waals surface area contributed by atoms with Gasteiger partial charge in [-0.15, -0.1) is 0 Å². The first-order valence-electron chi connectivity index (χ1n) is 4.55. The molecule has 0 aliphatic heterocycles. The number of nitrogens with two attached hydrogens (primary N) is 1. The quantitative estimate of drug-likeness (QED) is 0.706. The van der Waals surface area contributed by atoms with Crippen LogP contribution in [0.2, 0.25) is 0 Å². The van der Waals surface area contributed by atoms with E-state index in [0.717, 1.165) is 12.3 Å². The maximum absolute atomic E-state index is 5.73. The molecular formula is C9H15N3. The Bertz CT molecular complexity index is 260. The van der Waals surface area contributed by atoms with Crippen LogP contribution in [0.25, 0.3) is 0 Å². The van der Waals surface area contributed by atoms with Gasteiger partial charge < -0.3 is 5.73 Å². The van der Waals surface area contributed by atoms with Crippen molar-refractivity contribution in [2.75, 3.05) is 0 Å². The van der Waals surface area contributed by atoms with Gasteiger partial charge in [-0.25, -0.2) is 0 Å². The van der Waals surface area contributed by atoms with Crippen LogP contribution in [-0.4, -0.2) is 16.2 Å². The number of nitrogens with one attached hydrogen (secondary N) is 1. The van der Waals surface area contributed by atoms with Crippen LogP contribution in [0.3, 0.4) is 0 Å². The molecule has 1 aromatic heterocycles. The van der Waals surface area contributed by atoms with Crippen LogP contribution in [-0.2, 0) is 6.42 Å². The van der Waals surface area contributed by atoms with E-state index in [1.165, 1.54) is 24.1 Å². The van der Waals surface area contributed by atoms with Crippen molar-refractivity contribution in [3.05, 3.63) is 17.5 Å². The molecule has 1 aliphatic rings. The van der Waals surface area contributed by atoms with Gasteiger partial charge in [0.25, 0.3) is 0 Å². The number of nitrogens with zero attached hydrogens (tertiary/aromatic N) is 1. The standard InChI is InChI=1S/C9H15N3/c1-6(10)4-8-5-11-12-9(8)7-2-3-7/h5-7H,2-4,10H2,1H3,(H,11,12). The Labute approximate surface area is 72.4 Å². The first-order valence-corrected chi connectivity index (χ1v) is 4.55. The Balaban J connectivity index is 2.13. The smallest absolute Gasteiger partial charge is 0.0522 e. The first-order chi connectivity index (χ1) is 5.77. The van der Waals surface area contributed by atoms with Crippen molar-refractivity contribution >= 4 is 0 Å². The molecular weight excluding hydrogens is 150 g/mol. The normalized spacial score (nSPS) is 19.5. The third kappa shape index (κ3) is 1.50. The third-order valence-corrected chi connectivity index (χ3v) is 2.28. The predicted octanol–water partition coefficient (Wildman–Crippen LogP) is 1.18. The molecule has 3 heteroatoms. The van der Waals surface area contributed by atoms with E-state index in [4.69, 9.17) is 5.73 Å². The Morgan fingerprint density at radius 3 is 3.08 bits per heavy atom. The molecule has 3 N–H and O–H groups in total. The molecule has 0 bridgehead atoms. The van der Waals surface area contributed by atoms with Gasteiger partial charge in [-0.3, -0.25) is 5.10 Å².